The van der Waals surface area contributed by atoms with Crippen molar-refractivity contribution in [1.82, 2.24) is 0 Å². The monoisotopic (exact) mass is 415 g/mol. The van der Waals surface area contributed by atoms with Gasteiger partial charge in [0.2, 0.25) is 0 Å². The third-order valence-corrected chi connectivity index (χ3v) is 6.75. The zero-order valence-corrected chi connectivity index (χ0v) is 18.4. The number of hydrogen-bond donors (Lipinski definition) is 0. The van der Waals surface area contributed by atoms with Gasteiger partial charge >= 0.3 is 0 Å². The first kappa shape index (κ1) is 18.9. The van der Waals surface area contributed by atoms with Crippen LogP contribution in [-0.2, 0) is 6.42 Å². The van der Waals surface area contributed by atoms with Gasteiger partial charge in [-0.25, -0.2) is 0 Å². The molecule has 0 N–H and O–H groups in total. The van der Waals surface area contributed by atoms with E-state index in [1.54, 1.807) is 0 Å². The Hall–Kier alpha value is -3.78. The Morgan fingerprint density at radius 3 is 2.28 bits per heavy atom. The van der Waals surface area contributed by atoms with Crippen molar-refractivity contribution in [3.8, 4) is 22.5 Å². The second kappa shape index (κ2) is 7.42. The Morgan fingerprint density at radius 2 is 1.47 bits per heavy atom. The van der Waals surface area contributed by atoms with E-state index in [2.05, 4.69) is 110 Å². The molecule has 0 saturated carbocycles. The van der Waals surface area contributed by atoms with Crippen molar-refractivity contribution in [2.24, 2.45) is 0 Å². The van der Waals surface area contributed by atoms with Crippen LogP contribution in [0.5, 0.6) is 0 Å². The highest BCUT2D eigenvalue weighted by atomic mass is 16.3. The molecule has 0 bridgehead atoms. The zero-order valence-electron chi connectivity index (χ0n) is 18.4. The average molecular weight is 416 g/mol. The predicted molar refractivity (Wildman–Crippen MR) is 134 cm³/mol. The summed E-state index contributed by atoms with van der Waals surface area (Å²) in [4.78, 5) is 2.30. The SMILES string of the molecule is CC1Cc2c(oc3ccccc23)-c2cccc(N(C)c3ccc(-c4ccccc4)cc3)c21. The van der Waals surface area contributed by atoms with Gasteiger partial charge < -0.3 is 9.32 Å². The molecule has 1 aliphatic carbocycles. The van der Waals surface area contributed by atoms with Gasteiger partial charge in [-0.05, 0) is 53.3 Å². The molecule has 0 radical (unpaired) electrons. The maximum Gasteiger partial charge on any atom is 0.138 e. The first-order valence-corrected chi connectivity index (χ1v) is 11.2. The molecule has 1 atom stereocenters. The summed E-state index contributed by atoms with van der Waals surface area (Å²) >= 11 is 0. The molecule has 0 fully saturated rings. The maximum atomic E-state index is 6.35. The number of benzene rings is 4. The van der Waals surface area contributed by atoms with Crippen molar-refractivity contribution >= 4 is 22.3 Å². The minimum atomic E-state index is 0.417. The van der Waals surface area contributed by atoms with Gasteiger partial charge in [-0.1, -0.05) is 79.7 Å². The number of hydrogen-bond acceptors (Lipinski definition) is 2. The molecule has 6 rings (SSSR count). The smallest absolute Gasteiger partial charge is 0.138 e. The summed E-state index contributed by atoms with van der Waals surface area (Å²) in [5.41, 5.74) is 9.81. The summed E-state index contributed by atoms with van der Waals surface area (Å²) in [5.74, 6) is 1.45. The Labute approximate surface area is 188 Å². The van der Waals surface area contributed by atoms with E-state index in [1.807, 2.05) is 6.07 Å². The first-order chi connectivity index (χ1) is 15.7. The predicted octanol–water partition coefficient (Wildman–Crippen LogP) is 8.19. The zero-order chi connectivity index (χ0) is 21.7. The van der Waals surface area contributed by atoms with Crippen LogP contribution >= 0.6 is 0 Å². The third-order valence-electron chi connectivity index (χ3n) is 6.75. The van der Waals surface area contributed by atoms with Crippen molar-refractivity contribution in [2.75, 3.05) is 11.9 Å². The summed E-state index contributed by atoms with van der Waals surface area (Å²) in [5, 5.41) is 1.25. The fraction of sp³-hybridized carbons (Fsp3) is 0.133. The van der Waals surface area contributed by atoms with Crippen molar-refractivity contribution < 1.29 is 4.42 Å². The Kier molecular flexibility index (Phi) is 4.39. The molecule has 0 aliphatic heterocycles. The van der Waals surface area contributed by atoms with Crippen LogP contribution in [0, 0.1) is 0 Å². The van der Waals surface area contributed by atoms with E-state index in [-0.39, 0.29) is 0 Å². The second-order valence-electron chi connectivity index (χ2n) is 8.72. The van der Waals surface area contributed by atoms with E-state index in [1.165, 1.54) is 44.6 Å². The fourth-order valence-corrected chi connectivity index (χ4v) is 5.14. The summed E-state index contributed by atoms with van der Waals surface area (Å²) < 4.78 is 6.35. The van der Waals surface area contributed by atoms with Crippen LogP contribution in [0.4, 0.5) is 11.4 Å². The molecule has 0 spiro atoms. The Bertz CT molecular complexity index is 1410. The van der Waals surface area contributed by atoms with Crippen molar-refractivity contribution in [3.05, 3.63) is 108 Å². The molecule has 0 saturated heterocycles. The van der Waals surface area contributed by atoms with E-state index in [4.69, 9.17) is 4.42 Å². The Morgan fingerprint density at radius 1 is 0.750 bits per heavy atom. The van der Waals surface area contributed by atoms with Gasteiger partial charge in [-0.3, -0.25) is 0 Å². The van der Waals surface area contributed by atoms with Crippen molar-refractivity contribution in [3.63, 3.8) is 0 Å². The third kappa shape index (κ3) is 2.95. The van der Waals surface area contributed by atoms with Gasteiger partial charge in [0.05, 0.1) is 0 Å². The van der Waals surface area contributed by atoms with Crippen LogP contribution in [0.15, 0.2) is 101 Å². The van der Waals surface area contributed by atoms with E-state index in [0.29, 0.717) is 5.92 Å². The van der Waals surface area contributed by atoms with Crippen LogP contribution in [0.3, 0.4) is 0 Å². The molecule has 1 unspecified atom stereocenters. The minimum absolute atomic E-state index is 0.417. The van der Waals surface area contributed by atoms with Crippen LogP contribution in [0.25, 0.3) is 33.4 Å². The fourth-order valence-electron chi connectivity index (χ4n) is 5.14. The molecule has 32 heavy (non-hydrogen) atoms. The molecule has 156 valence electrons. The van der Waals surface area contributed by atoms with Crippen LogP contribution in [0.1, 0.15) is 24.0 Å². The quantitative estimate of drug-likeness (QED) is 0.295. The molecule has 2 heteroatoms. The van der Waals surface area contributed by atoms with Crippen LogP contribution in [0.2, 0.25) is 0 Å². The lowest BCUT2D eigenvalue weighted by Crippen LogP contribution is -2.16. The number of nitrogens with zero attached hydrogens (tertiary/aromatic N) is 1. The van der Waals surface area contributed by atoms with Gasteiger partial charge in [-0.2, -0.15) is 0 Å². The van der Waals surface area contributed by atoms with E-state index >= 15 is 0 Å². The molecule has 0 amide bonds. The summed E-state index contributed by atoms with van der Waals surface area (Å²) in [6, 6.07) is 34.3. The van der Waals surface area contributed by atoms with Gasteiger partial charge in [0.25, 0.3) is 0 Å². The number of para-hydroxylation sites is 1. The van der Waals surface area contributed by atoms with E-state index in [9.17, 15) is 0 Å². The van der Waals surface area contributed by atoms with Crippen molar-refractivity contribution in [2.45, 2.75) is 19.3 Å². The van der Waals surface area contributed by atoms with E-state index < -0.39 is 0 Å². The van der Waals surface area contributed by atoms with Gasteiger partial charge in [0, 0.05) is 34.9 Å². The first-order valence-electron chi connectivity index (χ1n) is 11.2. The average Bonchev–Trinajstić information content (AvgIpc) is 3.23. The largest absolute Gasteiger partial charge is 0.456 e. The van der Waals surface area contributed by atoms with Gasteiger partial charge in [0.1, 0.15) is 11.3 Å². The number of anilines is 2. The van der Waals surface area contributed by atoms with Crippen molar-refractivity contribution in [1.29, 1.82) is 0 Å². The van der Waals surface area contributed by atoms with Gasteiger partial charge in [-0.15, -0.1) is 0 Å². The molecule has 4 aromatic carbocycles. The topological polar surface area (TPSA) is 16.4 Å². The van der Waals surface area contributed by atoms with Gasteiger partial charge in [0.15, 0.2) is 0 Å². The second-order valence-corrected chi connectivity index (χ2v) is 8.72. The molecule has 5 aromatic rings. The number of rotatable bonds is 3. The summed E-state index contributed by atoms with van der Waals surface area (Å²) in [7, 11) is 2.16. The maximum absolute atomic E-state index is 6.35. The highest BCUT2D eigenvalue weighted by Crippen LogP contribution is 2.48. The lowest BCUT2D eigenvalue weighted by molar-refractivity contribution is 0.611. The standard InChI is InChI=1S/C30H25NO/c1-20-19-26-24-11-6-7-14-28(24)32-30(26)25-12-8-13-27(29(20)25)31(2)23-17-15-22(16-18-23)21-9-4-3-5-10-21/h3-18,20H,19H2,1-2H3. The van der Waals surface area contributed by atoms with E-state index in [0.717, 1.165) is 17.8 Å². The lowest BCUT2D eigenvalue weighted by atomic mass is 9.81. The normalized spacial score (nSPS) is 14.8. The Balaban J connectivity index is 1.42. The molecule has 1 aliphatic rings. The van der Waals surface area contributed by atoms with Crippen LogP contribution < -0.4 is 4.90 Å². The summed E-state index contributed by atoms with van der Waals surface area (Å²) in [6.07, 6.45) is 0.997. The highest BCUT2D eigenvalue weighted by molar-refractivity contribution is 5.91. The highest BCUT2D eigenvalue weighted by Gasteiger charge is 2.30. The van der Waals surface area contributed by atoms with Crippen LogP contribution in [-0.4, -0.2) is 7.05 Å². The molecule has 1 heterocycles. The molecular formula is C30H25NO. The number of fused-ring (bicyclic) bond motifs is 5. The molecular weight excluding hydrogens is 390 g/mol. The minimum Gasteiger partial charge on any atom is -0.456 e. The lowest BCUT2D eigenvalue weighted by Gasteiger charge is -2.30. The number of furan rings is 1. The summed E-state index contributed by atoms with van der Waals surface area (Å²) in [6.45, 7) is 2.33. The molecule has 1 aromatic heterocycles. The molecule has 2 nitrogen and oxygen atoms in total.